The minimum atomic E-state index is -4.70. The fourth-order valence-corrected chi connectivity index (χ4v) is 2.76. The summed E-state index contributed by atoms with van der Waals surface area (Å²) in [6.07, 6.45) is -4.70. The number of methoxy groups -OCH3 is 1. The Labute approximate surface area is 135 Å². The van der Waals surface area contributed by atoms with E-state index >= 15 is 0 Å². The van der Waals surface area contributed by atoms with Crippen molar-refractivity contribution in [1.29, 1.82) is 0 Å². The van der Waals surface area contributed by atoms with Gasteiger partial charge in [0.25, 0.3) is 5.91 Å². The van der Waals surface area contributed by atoms with Crippen molar-refractivity contribution in [2.45, 2.75) is 19.6 Å². The molecule has 0 bridgehead atoms. The van der Waals surface area contributed by atoms with Crippen LogP contribution < -0.4 is 5.32 Å². The van der Waals surface area contributed by atoms with E-state index in [0.29, 0.717) is 0 Å². The molecule has 0 aliphatic carbocycles. The predicted octanol–water partition coefficient (Wildman–Crippen LogP) is 2.70. The normalized spacial score (nSPS) is 11.7. The first-order chi connectivity index (χ1) is 10.8. The van der Waals surface area contributed by atoms with Gasteiger partial charge in [0.1, 0.15) is 0 Å². The number of ether oxygens (including phenoxy) is 1. The maximum atomic E-state index is 13.2. The van der Waals surface area contributed by atoms with Gasteiger partial charge in [-0.05, 0) is 18.4 Å². The van der Waals surface area contributed by atoms with Crippen LogP contribution in [0.3, 0.4) is 0 Å². The Morgan fingerprint density at radius 3 is 2.78 bits per heavy atom. The molecule has 5 nitrogen and oxygen atoms in total. The Kier molecular flexibility index (Phi) is 5.42. The van der Waals surface area contributed by atoms with Gasteiger partial charge in [-0.2, -0.15) is 18.3 Å². The van der Waals surface area contributed by atoms with Crippen LogP contribution in [-0.2, 0) is 17.5 Å². The standard InChI is InChI=1S/C14H16F3N3O2S/c1-9-11(13(21)18-5-6-22-2)12(14(15,16)17)19-20(9)8-10-4-3-7-23-10/h3-4,7H,5-6,8H2,1-2H3,(H,18,21). The smallest absolute Gasteiger partial charge is 0.383 e. The quantitative estimate of drug-likeness (QED) is 0.818. The summed E-state index contributed by atoms with van der Waals surface area (Å²) in [5, 5.41) is 7.85. The summed E-state index contributed by atoms with van der Waals surface area (Å²) in [5.74, 6) is -0.802. The van der Waals surface area contributed by atoms with E-state index in [0.717, 1.165) is 4.88 Å². The Hall–Kier alpha value is -1.87. The summed E-state index contributed by atoms with van der Waals surface area (Å²) < 4.78 is 45.6. The number of thiophene rings is 1. The molecule has 0 aliphatic rings. The van der Waals surface area contributed by atoms with Gasteiger partial charge in [0, 0.05) is 24.2 Å². The third kappa shape index (κ3) is 4.11. The number of halogens is 3. The molecule has 9 heteroatoms. The van der Waals surface area contributed by atoms with Crippen molar-refractivity contribution in [2.24, 2.45) is 0 Å². The Morgan fingerprint density at radius 2 is 2.22 bits per heavy atom. The van der Waals surface area contributed by atoms with Gasteiger partial charge in [-0.1, -0.05) is 6.07 Å². The molecule has 1 N–H and O–H groups in total. The molecule has 23 heavy (non-hydrogen) atoms. The van der Waals surface area contributed by atoms with Gasteiger partial charge in [-0.3, -0.25) is 9.48 Å². The molecule has 2 heterocycles. The second kappa shape index (κ2) is 7.14. The minimum absolute atomic E-state index is 0.127. The zero-order valence-corrected chi connectivity index (χ0v) is 13.4. The number of aromatic nitrogens is 2. The highest BCUT2D eigenvalue weighted by molar-refractivity contribution is 7.09. The van der Waals surface area contributed by atoms with Gasteiger partial charge < -0.3 is 10.1 Å². The molecule has 0 saturated heterocycles. The van der Waals surface area contributed by atoms with Crippen LogP contribution in [0.4, 0.5) is 13.2 Å². The van der Waals surface area contributed by atoms with Gasteiger partial charge in [0.2, 0.25) is 0 Å². The maximum absolute atomic E-state index is 13.2. The summed E-state index contributed by atoms with van der Waals surface area (Å²) in [4.78, 5) is 13.0. The van der Waals surface area contributed by atoms with Gasteiger partial charge in [0.15, 0.2) is 5.69 Å². The number of rotatable bonds is 6. The highest BCUT2D eigenvalue weighted by atomic mass is 32.1. The number of nitrogens with zero attached hydrogens (tertiary/aromatic N) is 2. The monoisotopic (exact) mass is 347 g/mol. The third-order valence-corrected chi connectivity index (χ3v) is 4.04. The summed E-state index contributed by atoms with van der Waals surface area (Å²) >= 11 is 1.42. The Balaban J connectivity index is 2.34. The molecule has 2 aromatic heterocycles. The summed E-state index contributed by atoms with van der Waals surface area (Å²) in [5.41, 5.74) is -1.42. The lowest BCUT2D eigenvalue weighted by Crippen LogP contribution is -2.29. The Bertz CT molecular complexity index is 666. The molecule has 0 aliphatic heterocycles. The highest BCUT2D eigenvalue weighted by Crippen LogP contribution is 2.32. The van der Waals surface area contributed by atoms with E-state index < -0.39 is 23.3 Å². The first kappa shape index (κ1) is 17.5. The molecule has 0 spiro atoms. The lowest BCUT2D eigenvalue weighted by Gasteiger charge is -2.08. The molecule has 0 fully saturated rings. The molecule has 2 aromatic rings. The number of carbonyl (C=O) groups is 1. The van der Waals surface area contributed by atoms with E-state index in [1.165, 1.54) is 30.1 Å². The zero-order valence-electron chi connectivity index (χ0n) is 12.6. The molecule has 0 saturated carbocycles. The van der Waals surface area contributed by atoms with E-state index in [1.807, 2.05) is 11.4 Å². The van der Waals surface area contributed by atoms with Gasteiger partial charge >= 0.3 is 6.18 Å². The van der Waals surface area contributed by atoms with Crippen LogP contribution in [0.1, 0.15) is 26.6 Å². The second-order valence-corrected chi connectivity index (χ2v) is 5.82. The van der Waals surface area contributed by atoms with E-state index in [9.17, 15) is 18.0 Å². The molecule has 1 amide bonds. The molecule has 0 radical (unpaired) electrons. The predicted molar refractivity (Wildman–Crippen MR) is 79.6 cm³/mol. The van der Waals surface area contributed by atoms with Crippen LogP contribution >= 0.6 is 11.3 Å². The van der Waals surface area contributed by atoms with Crippen molar-refractivity contribution in [2.75, 3.05) is 20.3 Å². The maximum Gasteiger partial charge on any atom is 0.435 e. The van der Waals surface area contributed by atoms with E-state index in [2.05, 4.69) is 10.4 Å². The zero-order chi connectivity index (χ0) is 17.0. The summed E-state index contributed by atoms with van der Waals surface area (Å²) in [6.45, 7) is 2.00. The lowest BCUT2D eigenvalue weighted by molar-refractivity contribution is -0.141. The summed E-state index contributed by atoms with van der Waals surface area (Å²) in [7, 11) is 1.44. The molecule has 0 atom stereocenters. The fraction of sp³-hybridized carbons (Fsp3) is 0.429. The molecular weight excluding hydrogens is 331 g/mol. The number of amides is 1. The van der Waals surface area contributed by atoms with Crippen molar-refractivity contribution in [3.8, 4) is 0 Å². The average Bonchev–Trinajstić information content (AvgIpc) is 3.08. The van der Waals surface area contributed by atoms with E-state index in [1.54, 1.807) is 6.07 Å². The molecular formula is C14H16F3N3O2S. The van der Waals surface area contributed by atoms with Crippen LogP contribution in [0.15, 0.2) is 17.5 Å². The van der Waals surface area contributed by atoms with Crippen molar-refractivity contribution in [3.05, 3.63) is 39.3 Å². The number of carbonyl (C=O) groups excluding carboxylic acids is 1. The minimum Gasteiger partial charge on any atom is -0.383 e. The molecule has 126 valence electrons. The number of hydrogen-bond acceptors (Lipinski definition) is 4. The van der Waals surface area contributed by atoms with Crippen LogP contribution in [0.2, 0.25) is 0 Å². The SMILES string of the molecule is COCCNC(=O)c1c(C(F)(F)F)nn(Cc2cccs2)c1C. The van der Waals surface area contributed by atoms with Crippen molar-refractivity contribution < 1.29 is 22.7 Å². The Morgan fingerprint density at radius 1 is 1.48 bits per heavy atom. The van der Waals surface area contributed by atoms with Crippen LogP contribution in [0, 0.1) is 6.92 Å². The van der Waals surface area contributed by atoms with E-state index in [-0.39, 0.29) is 25.4 Å². The largest absolute Gasteiger partial charge is 0.435 e. The van der Waals surface area contributed by atoms with Gasteiger partial charge in [-0.15, -0.1) is 11.3 Å². The first-order valence-electron chi connectivity index (χ1n) is 6.78. The number of hydrogen-bond donors (Lipinski definition) is 1. The topological polar surface area (TPSA) is 56.1 Å². The van der Waals surface area contributed by atoms with E-state index in [4.69, 9.17) is 4.74 Å². The highest BCUT2D eigenvalue weighted by Gasteiger charge is 2.40. The van der Waals surface area contributed by atoms with Crippen molar-refractivity contribution in [3.63, 3.8) is 0 Å². The average molecular weight is 347 g/mol. The number of nitrogens with one attached hydrogen (secondary N) is 1. The number of alkyl halides is 3. The van der Waals surface area contributed by atoms with Crippen molar-refractivity contribution >= 4 is 17.2 Å². The lowest BCUT2D eigenvalue weighted by atomic mass is 10.1. The van der Waals surface area contributed by atoms with Crippen LogP contribution in [-0.4, -0.2) is 35.9 Å². The van der Waals surface area contributed by atoms with Gasteiger partial charge in [0.05, 0.1) is 18.7 Å². The fourth-order valence-electron chi connectivity index (χ4n) is 2.08. The molecule has 0 aromatic carbocycles. The van der Waals surface area contributed by atoms with Crippen molar-refractivity contribution in [1.82, 2.24) is 15.1 Å². The third-order valence-electron chi connectivity index (χ3n) is 3.18. The van der Waals surface area contributed by atoms with Crippen LogP contribution in [0.25, 0.3) is 0 Å². The second-order valence-electron chi connectivity index (χ2n) is 4.79. The molecule has 0 unspecified atom stereocenters. The first-order valence-corrected chi connectivity index (χ1v) is 7.66. The van der Waals surface area contributed by atoms with Gasteiger partial charge in [-0.25, -0.2) is 0 Å². The molecule has 2 rings (SSSR count). The van der Waals surface area contributed by atoms with Crippen LogP contribution in [0.5, 0.6) is 0 Å². The summed E-state index contributed by atoms with van der Waals surface area (Å²) in [6, 6.07) is 3.61.